The van der Waals surface area contributed by atoms with E-state index in [9.17, 15) is 18.0 Å². The van der Waals surface area contributed by atoms with Crippen LogP contribution in [0.1, 0.15) is 43.2 Å². The van der Waals surface area contributed by atoms with Gasteiger partial charge in [-0.2, -0.15) is 0 Å². The fourth-order valence-corrected chi connectivity index (χ4v) is 6.34. The molecule has 4 rings (SSSR count). The number of halogens is 1. The smallest absolute Gasteiger partial charge is 0.244 e. The Kier molecular flexibility index (Phi) is 11.2. The van der Waals surface area contributed by atoms with Crippen molar-refractivity contribution in [3.05, 3.63) is 89.7 Å². The lowest BCUT2D eigenvalue weighted by molar-refractivity contribution is -0.140. The predicted octanol–water partition coefficient (Wildman–Crippen LogP) is 4.70. The Hall–Kier alpha value is -4.12. The maximum absolute atomic E-state index is 15.0. The molecule has 0 radical (unpaired) electrons. The van der Waals surface area contributed by atoms with Crippen LogP contribution in [0.4, 0.5) is 10.1 Å². The van der Waals surface area contributed by atoms with E-state index in [2.05, 4.69) is 5.32 Å². The summed E-state index contributed by atoms with van der Waals surface area (Å²) in [7, 11) is -1.20. The number of anilines is 1. The van der Waals surface area contributed by atoms with Crippen molar-refractivity contribution in [3.63, 3.8) is 0 Å². The van der Waals surface area contributed by atoms with Crippen molar-refractivity contribution in [1.29, 1.82) is 0 Å². The van der Waals surface area contributed by atoms with Gasteiger partial charge in [-0.15, -0.1) is 0 Å². The van der Waals surface area contributed by atoms with Crippen molar-refractivity contribution in [2.24, 2.45) is 0 Å². The number of benzene rings is 3. The molecule has 1 atom stereocenters. The van der Waals surface area contributed by atoms with Crippen LogP contribution in [0.3, 0.4) is 0 Å². The lowest BCUT2D eigenvalue weighted by Crippen LogP contribution is -2.55. The van der Waals surface area contributed by atoms with Crippen LogP contribution in [0.15, 0.2) is 72.8 Å². The summed E-state index contributed by atoms with van der Waals surface area (Å²) >= 11 is 0. The van der Waals surface area contributed by atoms with E-state index in [-0.39, 0.29) is 41.9 Å². The van der Waals surface area contributed by atoms with Crippen LogP contribution in [0, 0.1) is 5.82 Å². The Morgan fingerprint density at radius 1 is 0.955 bits per heavy atom. The number of nitrogens with zero attached hydrogens (tertiary/aromatic N) is 2. The van der Waals surface area contributed by atoms with Crippen molar-refractivity contribution in [3.8, 4) is 11.5 Å². The second kappa shape index (κ2) is 15.1. The second-order valence-electron chi connectivity index (χ2n) is 11.0. The number of nitrogens with one attached hydrogen (secondary N) is 1. The molecular formula is C33H40FN3O6S. The number of methoxy groups -OCH3 is 2. The minimum Gasteiger partial charge on any atom is -0.497 e. The molecule has 1 N–H and O–H groups in total. The Labute approximate surface area is 259 Å². The van der Waals surface area contributed by atoms with Crippen molar-refractivity contribution in [1.82, 2.24) is 10.2 Å². The maximum atomic E-state index is 15.0. The van der Waals surface area contributed by atoms with Gasteiger partial charge in [0.05, 0.1) is 26.2 Å². The highest BCUT2D eigenvalue weighted by molar-refractivity contribution is 7.92. The van der Waals surface area contributed by atoms with Crippen molar-refractivity contribution < 1.29 is 31.9 Å². The van der Waals surface area contributed by atoms with E-state index in [0.29, 0.717) is 5.75 Å². The number of carbonyl (C=O) groups is 2. The molecule has 9 nitrogen and oxygen atoms in total. The summed E-state index contributed by atoms with van der Waals surface area (Å²) in [6, 6.07) is 18.8. The van der Waals surface area contributed by atoms with Gasteiger partial charge in [-0.3, -0.25) is 13.9 Å². The molecule has 236 valence electrons. The summed E-state index contributed by atoms with van der Waals surface area (Å²) in [5, 5.41) is 3.13. The Morgan fingerprint density at radius 2 is 1.64 bits per heavy atom. The molecule has 3 aromatic carbocycles. The van der Waals surface area contributed by atoms with Crippen LogP contribution in [-0.4, -0.2) is 64.2 Å². The van der Waals surface area contributed by atoms with Crippen molar-refractivity contribution in [2.45, 2.75) is 57.2 Å². The zero-order valence-electron chi connectivity index (χ0n) is 25.4. The molecule has 0 aromatic heterocycles. The molecule has 1 fully saturated rings. The number of carbonyl (C=O) groups excluding carboxylic acids is 2. The molecule has 0 saturated heterocycles. The first-order valence-electron chi connectivity index (χ1n) is 14.7. The molecule has 2 amide bonds. The molecule has 11 heteroatoms. The molecular weight excluding hydrogens is 585 g/mol. The van der Waals surface area contributed by atoms with Gasteiger partial charge < -0.3 is 19.7 Å². The third-order valence-corrected chi connectivity index (χ3v) is 8.98. The molecule has 3 aromatic rings. The van der Waals surface area contributed by atoms with Crippen LogP contribution in [0.5, 0.6) is 11.5 Å². The van der Waals surface area contributed by atoms with E-state index >= 15 is 4.39 Å². The second-order valence-corrected chi connectivity index (χ2v) is 12.9. The minimum atomic E-state index is -4.04. The van der Waals surface area contributed by atoms with E-state index in [1.807, 2.05) is 30.3 Å². The highest BCUT2D eigenvalue weighted by atomic mass is 32.2. The van der Waals surface area contributed by atoms with E-state index in [0.717, 1.165) is 48.2 Å². The Bertz CT molecular complexity index is 1530. The molecule has 0 bridgehead atoms. The lowest BCUT2D eigenvalue weighted by atomic mass is 9.94. The lowest BCUT2D eigenvalue weighted by Gasteiger charge is -2.35. The Balaban J connectivity index is 1.77. The highest BCUT2D eigenvalue weighted by Gasteiger charge is 2.35. The quantitative estimate of drug-likeness (QED) is 0.295. The number of ether oxygens (including phenoxy) is 2. The first-order chi connectivity index (χ1) is 21.1. The summed E-state index contributed by atoms with van der Waals surface area (Å²) < 4.78 is 52.9. The van der Waals surface area contributed by atoms with Gasteiger partial charge in [-0.25, -0.2) is 12.8 Å². The van der Waals surface area contributed by atoms with Gasteiger partial charge in [0.15, 0.2) is 0 Å². The van der Waals surface area contributed by atoms with Gasteiger partial charge in [-0.05, 0) is 36.6 Å². The van der Waals surface area contributed by atoms with Gasteiger partial charge in [0.1, 0.15) is 29.9 Å². The van der Waals surface area contributed by atoms with Crippen LogP contribution >= 0.6 is 0 Å². The number of amides is 2. The SMILES string of the molecule is COc1ccc(OC)c(N(CC(=O)N(Cc2ccccc2F)[C@@H](Cc2ccccc2)C(=O)NC2CCCCC2)S(C)(=O)=O)c1. The summed E-state index contributed by atoms with van der Waals surface area (Å²) in [5.41, 5.74) is 1.10. The molecule has 0 aliphatic heterocycles. The molecule has 44 heavy (non-hydrogen) atoms. The number of rotatable bonds is 13. The summed E-state index contributed by atoms with van der Waals surface area (Å²) in [6.07, 6.45) is 5.91. The van der Waals surface area contributed by atoms with Crippen molar-refractivity contribution in [2.75, 3.05) is 31.3 Å². The average Bonchev–Trinajstić information content (AvgIpc) is 3.02. The zero-order chi connectivity index (χ0) is 31.7. The van der Waals surface area contributed by atoms with Crippen LogP contribution in [0.2, 0.25) is 0 Å². The maximum Gasteiger partial charge on any atom is 0.244 e. The molecule has 0 heterocycles. The van der Waals surface area contributed by atoms with Gasteiger partial charge in [0.25, 0.3) is 0 Å². The van der Waals surface area contributed by atoms with Crippen LogP contribution < -0.4 is 19.1 Å². The third kappa shape index (κ3) is 8.49. The minimum absolute atomic E-state index is 0.0338. The zero-order valence-corrected chi connectivity index (χ0v) is 26.2. The molecule has 1 saturated carbocycles. The van der Waals surface area contributed by atoms with Gasteiger partial charge in [0, 0.05) is 30.6 Å². The van der Waals surface area contributed by atoms with Gasteiger partial charge in [-0.1, -0.05) is 67.8 Å². The molecule has 1 aliphatic carbocycles. The Morgan fingerprint density at radius 3 is 2.27 bits per heavy atom. The summed E-state index contributed by atoms with van der Waals surface area (Å²) in [5.74, 6) is -1.01. The first-order valence-corrected chi connectivity index (χ1v) is 16.5. The first kappa shape index (κ1) is 32.8. The topological polar surface area (TPSA) is 105 Å². The third-order valence-electron chi connectivity index (χ3n) is 7.86. The fraction of sp³-hybridized carbons (Fsp3) is 0.394. The number of hydrogen-bond acceptors (Lipinski definition) is 6. The molecule has 0 spiro atoms. The molecule has 0 unspecified atom stereocenters. The predicted molar refractivity (Wildman–Crippen MR) is 168 cm³/mol. The standard InChI is InChI=1S/C33H40FN3O6S/c1-42-27-18-19-31(43-2)29(21-27)37(44(3,40)41)23-32(38)36(22-25-14-10-11-17-28(25)34)30(20-24-12-6-4-7-13-24)33(39)35-26-15-8-5-9-16-26/h4,6-7,10-14,17-19,21,26,30H,5,8-9,15-16,20,22-23H2,1-3H3,(H,35,39)/t30-/m0/s1. The summed E-state index contributed by atoms with van der Waals surface area (Å²) in [6.45, 7) is -0.896. The van der Waals surface area contributed by atoms with E-state index in [1.54, 1.807) is 30.3 Å². The number of sulfonamides is 1. The monoisotopic (exact) mass is 625 g/mol. The normalized spacial score (nSPS) is 14.4. The largest absolute Gasteiger partial charge is 0.497 e. The van der Waals surface area contributed by atoms with Crippen LogP contribution in [-0.2, 0) is 32.6 Å². The molecule has 1 aliphatic rings. The van der Waals surface area contributed by atoms with Crippen molar-refractivity contribution >= 4 is 27.5 Å². The van der Waals surface area contributed by atoms with E-state index in [4.69, 9.17) is 9.47 Å². The van der Waals surface area contributed by atoms with Crippen LogP contribution in [0.25, 0.3) is 0 Å². The van der Waals surface area contributed by atoms with E-state index < -0.39 is 34.3 Å². The van der Waals surface area contributed by atoms with Gasteiger partial charge >= 0.3 is 0 Å². The summed E-state index contributed by atoms with van der Waals surface area (Å²) in [4.78, 5) is 29.6. The van der Waals surface area contributed by atoms with E-state index in [1.165, 1.54) is 31.3 Å². The number of hydrogen-bond donors (Lipinski definition) is 1. The highest BCUT2D eigenvalue weighted by Crippen LogP contribution is 2.34. The average molecular weight is 626 g/mol. The van der Waals surface area contributed by atoms with Gasteiger partial charge in [0.2, 0.25) is 21.8 Å². The fourth-order valence-electron chi connectivity index (χ4n) is 5.49.